The van der Waals surface area contributed by atoms with Gasteiger partial charge in [-0.2, -0.15) is 0 Å². The van der Waals surface area contributed by atoms with E-state index in [0.29, 0.717) is 6.54 Å². The van der Waals surface area contributed by atoms with E-state index in [0.717, 1.165) is 15.4 Å². The van der Waals surface area contributed by atoms with E-state index in [4.69, 9.17) is 5.73 Å². The highest BCUT2D eigenvalue weighted by molar-refractivity contribution is 7.99. The maximum atomic E-state index is 13.3. The van der Waals surface area contributed by atoms with Crippen molar-refractivity contribution in [2.24, 2.45) is 5.73 Å². The van der Waals surface area contributed by atoms with Crippen LogP contribution in [0.2, 0.25) is 0 Å². The number of nitrogens with two attached hydrogens (primary N) is 1. The first kappa shape index (κ1) is 12.1. The Morgan fingerprint density at radius 1 is 1.18 bits per heavy atom. The molecule has 0 bridgehead atoms. The average molecular weight is 247 g/mol. The zero-order valence-electron chi connectivity index (χ0n) is 9.61. The molecular weight excluding hydrogens is 233 g/mol. The predicted octanol–water partition coefficient (Wildman–Crippen LogP) is 3.74. The SMILES string of the molecule is Cc1ccccc1Sc1cc(F)cc(CN)c1. The summed E-state index contributed by atoms with van der Waals surface area (Å²) in [6.07, 6.45) is 0. The third-order valence-corrected chi connectivity index (χ3v) is 3.64. The Hall–Kier alpha value is -1.32. The van der Waals surface area contributed by atoms with Gasteiger partial charge in [-0.1, -0.05) is 30.0 Å². The smallest absolute Gasteiger partial charge is 0.124 e. The predicted molar refractivity (Wildman–Crippen MR) is 69.6 cm³/mol. The Morgan fingerprint density at radius 3 is 2.65 bits per heavy atom. The van der Waals surface area contributed by atoms with Crippen molar-refractivity contribution >= 4 is 11.8 Å². The molecule has 3 heteroatoms. The fraction of sp³-hybridized carbons (Fsp3) is 0.143. The lowest BCUT2D eigenvalue weighted by molar-refractivity contribution is 0.621. The summed E-state index contributed by atoms with van der Waals surface area (Å²) in [6, 6.07) is 13.0. The lowest BCUT2D eigenvalue weighted by atomic mass is 10.2. The molecule has 0 aliphatic rings. The van der Waals surface area contributed by atoms with Crippen LogP contribution in [0, 0.1) is 12.7 Å². The number of hydrogen-bond donors (Lipinski definition) is 1. The fourth-order valence-corrected chi connectivity index (χ4v) is 2.61. The van der Waals surface area contributed by atoms with Crippen LogP contribution in [0.3, 0.4) is 0 Å². The zero-order chi connectivity index (χ0) is 12.3. The van der Waals surface area contributed by atoms with E-state index in [2.05, 4.69) is 0 Å². The van der Waals surface area contributed by atoms with Crippen LogP contribution in [0.15, 0.2) is 52.3 Å². The molecule has 0 aliphatic carbocycles. The summed E-state index contributed by atoms with van der Waals surface area (Å²) in [7, 11) is 0. The molecule has 0 unspecified atom stereocenters. The second-order valence-electron chi connectivity index (χ2n) is 3.87. The van der Waals surface area contributed by atoms with Gasteiger partial charge in [0.2, 0.25) is 0 Å². The van der Waals surface area contributed by atoms with Crippen molar-refractivity contribution in [2.45, 2.75) is 23.3 Å². The van der Waals surface area contributed by atoms with Crippen LogP contribution < -0.4 is 5.73 Å². The Kier molecular flexibility index (Phi) is 3.82. The lowest BCUT2D eigenvalue weighted by Crippen LogP contribution is -1.97. The molecule has 17 heavy (non-hydrogen) atoms. The van der Waals surface area contributed by atoms with Gasteiger partial charge in [0.1, 0.15) is 5.82 Å². The Labute approximate surface area is 105 Å². The minimum Gasteiger partial charge on any atom is -0.326 e. The molecule has 0 aliphatic heterocycles. The quantitative estimate of drug-likeness (QED) is 0.894. The molecule has 2 rings (SSSR count). The van der Waals surface area contributed by atoms with Gasteiger partial charge in [0, 0.05) is 16.3 Å². The van der Waals surface area contributed by atoms with Crippen molar-refractivity contribution in [1.29, 1.82) is 0 Å². The van der Waals surface area contributed by atoms with Gasteiger partial charge < -0.3 is 5.73 Å². The number of benzene rings is 2. The van der Waals surface area contributed by atoms with E-state index in [-0.39, 0.29) is 5.82 Å². The lowest BCUT2D eigenvalue weighted by Gasteiger charge is -2.07. The molecule has 0 fully saturated rings. The molecule has 0 heterocycles. The molecule has 88 valence electrons. The number of rotatable bonds is 3. The van der Waals surface area contributed by atoms with Crippen molar-refractivity contribution in [3.05, 3.63) is 59.4 Å². The topological polar surface area (TPSA) is 26.0 Å². The van der Waals surface area contributed by atoms with Gasteiger partial charge in [-0.05, 0) is 42.3 Å². The van der Waals surface area contributed by atoms with E-state index in [1.807, 2.05) is 37.3 Å². The van der Waals surface area contributed by atoms with Crippen LogP contribution in [0.4, 0.5) is 4.39 Å². The standard InChI is InChI=1S/C14H14FNS/c1-10-4-2-3-5-14(10)17-13-7-11(9-16)6-12(15)8-13/h2-8H,9,16H2,1H3. The minimum absolute atomic E-state index is 0.232. The summed E-state index contributed by atoms with van der Waals surface area (Å²) < 4.78 is 13.3. The van der Waals surface area contributed by atoms with E-state index in [1.54, 1.807) is 11.8 Å². The fourth-order valence-electron chi connectivity index (χ4n) is 1.60. The largest absolute Gasteiger partial charge is 0.326 e. The zero-order valence-corrected chi connectivity index (χ0v) is 10.4. The van der Waals surface area contributed by atoms with Crippen molar-refractivity contribution in [2.75, 3.05) is 0 Å². The van der Waals surface area contributed by atoms with Crippen molar-refractivity contribution in [3.8, 4) is 0 Å². The summed E-state index contributed by atoms with van der Waals surface area (Å²) in [5.41, 5.74) is 7.55. The molecule has 0 saturated heterocycles. The highest BCUT2D eigenvalue weighted by atomic mass is 32.2. The Morgan fingerprint density at radius 2 is 1.94 bits per heavy atom. The van der Waals surface area contributed by atoms with Crippen LogP contribution in [-0.4, -0.2) is 0 Å². The van der Waals surface area contributed by atoms with Gasteiger partial charge >= 0.3 is 0 Å². The normalized spacial score (nSPS) is 10.5. The Bertz CT molecular complexity index is 525. The highest BCUT2D eigenvalue weighted by Crippen LogP contribution is 2.31. The van der Waals surface area contributed by atoms with E-state index in [1.165, 1.54) is 17.7 Å². The summed E-state index contributed by atoms with van der Waals surface area (Å²) >= 11 is 1.56. The van der Waals surface area contributed by atoms with Gasteiger partial charge in [0.25, 0.3) is 0 Å². The minimum atomic E-state index is -0.232. The van der Waals surface area contributed by atoms with E-state index >= 15 is 0 Å². The molecule has 0 spiro atoms. The van der Waals surface area contributed by atoms with E-state index in [9.17, 15) is 4.39 Å². The van der Waals surface area contributed by atoms with Gasteiger partial charge in [-0.15, -0.1) is 0 Å². The molecule has 2 aromatic carbocycles. The van der Waals surface area contributed by atoms with Crippen molar-refractivity contribution < 1.29 is 4.39 Å². The third kappa shape index (κ3) is 3.08. The monoisotopic (exact) mass is 247 g/mol. The molecular formula is C14H14FNS. The summed E-state index contributed by atoms with van der Waals surface area (Å²) in [5.74, 6) is -0.232. The first-order valence-corrected chi connectivity index (χ1v) is 6.23. The van der Waals surface area contributed by atoms with Crippen LogP contribution in [-0.2, 0) is 6.54 Å². The first-order valence-electron chi connectivity index (χ1n) is 5.42. The number of halogens is 1. The van der Waals surface area contributed by atoms with Crippen LogP contribution in [0.5, 0.6) is 0 Å². The third-order valence-electron chi connectivity index (χ3n) is 2.49. The first-order chi connectivity index (χ1) is 8.19. The average Bonchev–Trinajstić information content (AvgIpc) is 2.31. The van der Waals surface area contributed by atoms with Crippen LogP contribution >= 0.6 is 11.8 Å². The second-order valence-corrected chi connectivity index (χ2v) is 4.98. The number of hydrogen-bond acceptors (Lipinski definition) is 2. The summed E-state index contributed by atoms with van der Waals surface area (Å²) in [5, 5.41) is 0. The molecule has 0 amide bonds. The van der Waals surface area contributed by atoms with Gasteiger partial charge in [-0.25, -0.2) is 4.39 Å². The maximum Gasteiger partial charge on any atom is 0.124 e. The molecule has 0 atom stereocenters. The summed E-state index contributed by atoms with van der Waals surface area (Å²) in [6.45, 7) is 2.41. The molecule has 0 saturated carbocycles. The van der Waals surface area contributed by atoms with Crippen molar-refractivity contribution in [1.82, 2.24) is 0 Å². The van der Waals surface area contributed by atoms with Gasteiger partial charge in [0.05, 0.1) is 0 Å². The van der Waals surface area contributed by atoms with Gasteiger partial charge in [0.15, 0.2) is 0 Å². The van der Waals surface area contributed by atoms with E-state index < -0.39 is 0 Å². The van der Waals surface area contributed by atoms with Crippen LogP contribution in [0.25, 0.3) is 0 Å². The molecule has 1 nitrogen and oxygen atoms in total. The molecule has 0 aromatic heterocycles. The number of aryl methyl sites for hydroxylation is 1. The molecule has 0 radical (unpaired) electrons. The van der Waals surface area contributed by atoms with Crippen molar-refractivity contribution in [3.63, 3.8) is 0 Å². The maximum absolute atomic E-state index is 13.3. The second kappa shape index (κ2) is 5.34. The summed E-state index contributed by atoms with van der Waals surface area (Å²) in [4.78, 5) is 2.03. The Balaban J connectivity index is 2.30. The molecule has 2 N–H and O–H groups in total. The molecule has 2 aromatic rings. The highest BCUT2D eigenvalue weighted by Gasteiger charge is 2.03. The van der Waals surface area contributed by atoms with Gasteiger partial charge in [-0.3, -0.25) is 0 Å². The van der Waals surface area contributed by atoms with Crippen LogP contribution in [0.1, 0.15) is 11.1 Å².